The number of anilines is 1. The van der Waals surface area contributed by atoms with E-state index in [4.69, 9.17) is 0 Å². The number of carbonyl (C=O) groups excluding carboxylic acids is 1. The first-order chi connectivity index (χ1) is 15.6. The van der Waals surface area contributed by atoms with Gasteiger partial charge in [-0.1, -0.05) is 26.0 Å². The first-order valence-electron chi connectivity index (χ1n) is 11.7. The van der Waals surface area contributed by atoms with Crippen molar-refractivity contribution in [2.24, 2.45) is 11.3 Å². The van der Waals surface area contributed by atoms with Gasteiger partial charge in [0.25, 0.3) is 5.91 Å². The predicted octanol–water partition coefficient (Wildman–Crippen LogP) is 5.03. The van der Waals surface area contributed by atoms with Crippen molar-refractivity contribution in [3.05, 3.63) is 53.1 Å². The number of aliphatic carboxylic acids is 1. The highest BCUT2D eigenvalue weighted by Gasteiger charge is 2.37. The molecule has 2 aliphatic carbocycles. The number of aromatic nitrogens is 2. The quantitative estimate of drug-likeness (QED) is 0.509. The SMILES string of the molecule is Cc1cnc(C(=O)Nc2ccc([C@]3(O)CC[C@@H](C(=O)O)CC3)cc2C2=CCC(C)(C)CC2)[nH]1. The minimum Gasteiger partial charge on any atom is -0.481 e. The molecule has 2 aliphatic rings. The van der Waals surface area contributed by atoms with Gasteiger partial charge >= 0.3 is 5.97 Å². The third-order valence-electron chi connectivity index (χ3n) is 7.20. The lowest BCUT2D eigenvalue weighted by molar-refractivity contribution is -0.145. The number of nitrogens with zero attached hydrogens (tertiary/aromatic N) is 1. The number of imidazole rings is 1. The van der Waals surface area contributed by atoms with Crippen molar-refractivity contribution < 1.29 is 19.8 Å². The first kappa shape index (κ1) is 23.2. The molecular formula is C26H33N3O4. The van der Waals surface area contributed by atoms with Crippen LogP contribution in [0.4, 0.5) is 5.69 Å². The summed E-state index contributed by atoms with van der Waals surface area (Å²) in [6.07, 6.45) is 8.45. The Kier molecular flexibility index (Phi) is 6.18. The van der Waals surface area contributed by atoms with E-state index >= 15 is 0 Å². The number of hydrogen-bond donors (Lipinski definition) is 4. The number of hydrogen-bond acceptors (Lipinski definition) is 4. The molecule has 1 aromatic carbocycles. The molecule has 33 heavy (non-hydrogen) atoms. The number of rotatable bonds is 5. The van der Waals surface area contributed by atoms with Crippen LogP contribution in [0.15, 0.2) is 30.5 Å². The number of carbonyl (C=O) groups is 2. The lowest BCUT2D eigenvalue weighted by atomic mass is 9.73. The van der Waals surface area contributed by atoms with Crippen molar-refractivity contribution >= 4 is 23.1 Å². The van der Waals surface area contributed by atoms with Gasteiger partial charge in [0, 0.05) is 23.1 Å². The highest BCUT2D eigenvalue weighted by molar-refractivity contribution is 6.03. The summed E-state index contributed by atoms with van der Waals surface area (Å²) < 4.78 is 0. The Hall–Kier alpha value is -2.93. The van der Waals surface area contributed by atoms with E-state index in [0.29, 0.717) is 31.4 Å². The second kappa shape index (κ2) is 8.78. The summed E-state index contributed by atoms with van der Waals surface area (Å²) in [5, 5.41) is 23.7. The maximum atomic E-state index is 12.8. The Bertz CT molecular complexity index is 1090. The van der Waals surface area contributed by atoms with Crippen molar-refractivity contribution in [3.8, 4) is 0 Å². The minimum absolute atomic E-state index is 0.240. The van der Waals surface area contributed by atoms with Crippen molar-refractivity contribution in [1.29, 1.82) is 0 Å². The normalized spacial score (nSPS) is 24.7. The van der Waals surface area contributed by atoms with Gasteiger partial charge in [-0.2, -0.15) is 0 Å². The molecule has 0 aliphatic heterocycles. The maximum absolute atomic E-state index is 12.8. The van der Waals surface area contributed by atoms with Crippen LogP contribution in [0.25, 0.3) is 5.57 Å². The van der Waals surface area contributed by atoms with Crippen LogP contribution < -0.4 is 5.32 Å². The van der Waals surface area contributed by atoms with Gasteiger partial charge < -0.3 is 20.5 Å². The van der Waals surface area contributed by atoms with Gasteiger partial charge in [0.05, 0.1) is 11.5 Å². The fourth-order valence-electron chi connectivity index (χ4n) is 4.87. The third-order valence-corrected chi connectivity index (χ3v) is 7.20. The smallest absolute Gasteiger partial charge is 0.306 e. The third kappa shape index (κ3) is 5.03. The molecule has 0 bridgehead atoms. The van der Waals surface area contributed by atoms with E-state index < -0.39 is 17.5 Å². The van der Waals surface area contributed by atoms with E-state index in [-0.39, 0.29) is 17.1 Å². The number of H-pyrrole nitrogens is 1. The van der Waals surface area contributed by atoms with Crippen LogP contribution >= 0.6 is 0 Å². The number of amides is 1. The summed E-state index contributed by atoms with van der Waals surface area (Å²) in [5.74, 6) is -1.25. The second-order valence-electron chi connectivity index (χ2n) is 10.4. The monoisotopic (exact) mass is 451 g/mol. The molecule has 2 aromatic rings. The molecule has 1 fully saturated rings. The molecule has 1 aromatic heterocycles. The molecule has 7 nitrogen and oxygen atoms in total. The van der Waals surface area contributed by atoms with Crippen LogP contribution in [0.3, 0.4) is 0 Å². The number of aliphatic hydroxyl groups is 1. The number of allylic oxidation sites excluding steroid dienone is 2. The van der Waals surface area contributed by atoms with E-state index in [1.165, 1.54) is 0 Å². The number of nitrogens with one attached hydrogen (secondary N) is 2. The zero-order chi connectivity index (χ0) is 23.8. The van der Waals surface area contributed by atoms with Gasteiger partial charge in [-0.25, -0.2) is 4.98 Å². The summed E-state index contributed by atoms with van der Waals surface area (Å²) in [6.45, 7) is 6.35. The number of aromatic amines is 1. The second-order valence-corrected chi connectivity index (χ2v) is 10.4. The van der Waals surface area contributed by atoms with Gasteiger partial charge in [-0.05, 0) is 80.6 Å². The van der Waals surface area contributed by atoms with E-state index in [0.717, 1.165) is 41.7 Å². The van der Waals surface area contributed by atoms with Crippen molar-refractivity contribution in [2.75, 3.05) is 5.32 Å². The first-order valence-corrected chi connectivity index (χ1v) is 11.7. The zero-order valence-electron chi connectivity index (χ0n) is 19.6. The summed E-state index contributed by atoms with van der Waals surface area (Å²) in [5.41, 5.74) is 3.52. The van der Waals surface area contributed by atoms with Crippen molar-refractivity contribution in [3.63, 3.8) is 0 Å². The molecule has 0 saturated heterocycles. The Morgan fingerprint density at radius 2 is 1.91 bits per heavy atom. The lowest BCUT2D eigenvalue weighted by Gasteiger charge is -2.36. The topological polar surface area (TPSA) is 115 Å². The van der Waals surface area contributed by atoms with E-state index in [1.807, 2.05) is 25.1 Å². The maximum Gasteiger partial charge on any atom is 0.306 e. The van der Waals surface area contributed by atoms with E-state index in [2.05, 4.69) is 35.2 Å². The Labute approximate surface area is 194 Å². The molecule has 4 N–H and O–H groups in total. The van der Waals surface area contributed by atoms with E-state index in [1.54, 1.807) is 6.20 Å². The molecule has 1 amide bonds. The van der Waals surface area contributed by atoms with Crippen molar-refractivity contribution in [2.45, 2.75) is 71.3 Å². The molecular weight excluding hydrogens is 418 g/mol. The highest BCUT2D eigenvalue weighted by Crippen LogP contribution is 2.44. The van der Waals surface area contributed by atoms with Crippen molar-refractivity contribution in [1.82, 2.24) is 9.97 Å². The Morgan fingerprint density at radius 1 is 1.18 bits per heavy atom. The zero-order valence-corrected chi connectivity index (χ0v) is 19.6. The highest BCUT2D eigenvalue weighted by atomic mass is 16.4. The molecule has 0 unspecified atom stereocenters. The summed E-state index contributed by atoms with van der Waals surface area (Å²) in [4.78, 5) is 31.2. The Morgan fingerprint density at radius 3 is 2.48 bits per heavy atom. The summed E-state index contributed by atoms with van der Waals surface area (Å²) >= 11 is 0. The number of aryl methyl sites for hydroxylation is 1. The molecule has 176 valence electrons. The molecule has 0 spiro atoms. The summed E-state index contributed by atoms with van der Waals surface area (Å²) in [6, 6.07) is 5.68. The molecule has 1 heterocycles. The van der Waals surface area contributed by atoms with Gasteiger partial charge in [0.1, 0.15) is 0 Å². The van der Waals surface area contributed by atoms with Crippen LogP contribution in [0, 0.1) is 18.3 Å². The van der Waals surface area contributed by atoms with Gasteiger partial charge in [0.2, 0.25) is 0 Å². The standard InChI is InChI=1S/C26H33N3O4/c1-16-15-27-22(28-16)23(30)29-21-5-4-19(26(33)12-8-18(9-13-26)24(31)32)14-20(21)17-6-10-25(2,3)11-7-17/h4-6,14-15,18,33H,7-13H2,1-3H3,(H,27,28)(H,29,30)(H,31,32)/t18-,26+. The number of carboxylic acids is 1. The van der Waals surface area contributed by atoms with Gasteiger partial charge in [-0.15, -0.1) is 0 Å². The van der Waals surface area contributed by atoms with E-state index in [9.17, 15) is 19.8 Å². The number of benzene rings is 1. The summed E-state index contributed by atoms with van der Waals surface area (Å²) in [7, 11) is 0. The molecule has 1 saturated carbocycles. The molecule has 0 atom stereocenters. The van der Waals surface area contributed by atoms with Crippen LogP contribution in [0.1, 0.15) is 86.2 Å². The van der Waals surface area contributed by atoms with Crippen LogP contribution in [-0.4, -0.2) is 32.1 Å². The van der Waals surface area contributed by atoms with Crippen LogP contribution in [0.2, 0.25) is 0 Å². The van der Waals surface area contributed by atoms with Crippen LogP contribution in [0.5, 0.6) is 0 Å². The fraction of sp³-hybridized carbons (Fsp3) is 0.500. The Balaban J connectivity index is 1.66. The molecule has 7 heteroatoms. The minimum atomic E-state index is -1.06. The molecule has 0 radical (unpaired) electrons. The van der Waals surface area contributed by atoms with Crippen LogP contribution in [-0.2, 0) is 10.4 Å². The average molecular weight is 452 g/mol. The lowest BCUT2D eigenvalue weighted by Crippen LogP contribution is -2.34. The number of carboxylic acid groups (broad SMARTS) is 1. The predicted molar refractivity (Wildman–Crippen MR) is 127 cm³/mol. The largest absolute Gasteiger partial charge is 0.481 e. The van der Waals surface area contributed by atoms with Gasteiger partial charge in [0.15, 0.2) is 5.82 Å². The van der Waals surface area contributed by atoms with Gasteiger partial charge in [-0.3, -0.25) is 9.59 Å². The molecule has 4 rings (SSSR count). The average Bonchev–Trinajstić information content (AvgIpc) is 3.21. The fourth-order valence-corrected chi connectivity index (χ4v) is 4.87.